The molecule has 1 aromatic heterocycles. The Hall–Kier alpha value is 0.0700. The molecule has 0 saturated carbocycles. The summed E-state index contributed by atoms with van der Waals surface area (Å²) in [5, 5.41) is 1.59. The molecule has 0 spiro atoms. The van der Waals surface area contributed by atoms with E-state index in [0.717, 1.165) is 17.9 Å². The van der Waals surface area contributed by atoms with E-state index >= 15 is 0 Å². The van der Waals surface area contributed by atoms with Gasteiger partial charge in [-0.2, -0.15) is 11.8 Å². The first kappa shape index (κ1) is 14.5. The van der Waals surface area contributed by atoms with Crippen molar-refractivity contribution in [1.82, 2.24) is 9.97 Å². The van der Waals surface area contributed by atoms with Crippen LogP contribution in [0.1, 0.15) is 49.9 Å². The summed E-state index contributed by atoms with van der Waals surface area (Å²) in [5.41, 5.74) is 1.05. The van der Waals surface area contributed by atoms with E-state index in [0.29, 0.717) is 21.6 Å². The lowest BCUT2D eigenvalue weighted by atomic mass is 10.1. The van der Waals surface area contributed by atoms with Gasteiger partial charge in [0.15, 0.2) is 0 Å². The molecule has 0 aliphatic carbocycles. The topological polar surface area (TPSA) is 25.8 Å². The molecular formula is C13H19ClN2S2. The van der Waals surface area contributed by atoms with Crippen molar-refractivity contribution in [1.29, 1.82) is 0 Å². The molecule has 1 saturated heterocycles. The Morgan fingerprint density at radius 1 is 1.33 bits per heavy atom. The van der Waals surface area contributed by atoms with Crippen molar-refractivity contribution < 1.29 is 0 Å². The zero-order chi connectivity index (χ0) is 13.1. The standard InChI is InChI=1S/C13H19ClN2S2/c1-4-10-12(18-6-5-17-10)13-15-9(8(2)3)7-11(14)16-13/h7-8,10,12H,4-6H2,1-3H3. The summed E-state index contributed by atoms with van der Waals surface area (Å²) in [6.45, 7) is 6.52. The van der Waals surface area contributed by atoms with Gasteiger partial charge in [0.05, 0.1) is 5.25 Å². The van der Waals surface area contributed by atoms with E-state index in [9.17, 15) is 0 Å². The van der Waals surface area contributed by atoms with Gasteiger partial charge < -0.3 is 0 Å². The molecule has 1 aliphatic rings. The van der Waals surface area contributed by atoms with Crippen molar-refractivity contribution in [3.8, 4) is 0 Å². The SMILES string of the molecule is CCC1SCCSC1c1nc(Cl)cc(C(C)C)n1. The summed E-state index contributed by atoms with van der Waals surface area (Å²) in [5.74, 6) is 3.73. The lowest BCUT2D eigenvalue weighted by molar-refractivity contribution is 0.723. The molecule has 0 bridgehead atoms. The Kier molecular flexibility index (Phi) is 5.22. The van der Waals surface area contributed by atoms with Crippen molar-refractivity contribution in [2.75, 3.05) is 11.5 Å². The first-order chi connectivity index (χ1) is 8.61. The Bertz CT molecular complexity index is 412. The van der Waals surface area contributed by atoms with Gasteiger partial charge in [-0.3, -0.25) is 0 Å². The fourth-order valence-electron chi connectivity index (χ4n) is 2.02. The lowest BCUT2D eigenvalue weighted by Crippen LogP contribution is -2.21. The van der Waals surface area contributed by atoms with Crippen LogP contribution in [0, 0.1) is 0 Å². The minimum Gasteiger partial charge on any atom is -0.236 e. The number of rotatable bonds is 3. The largest absolute Gasteiger partial charge is 0.236 e. The smallest absolute Gasteiger partial charge is 0.144 e. The van der Waals surface area contributed by atoms with Gasteiger partial charge in [-0.05, 0) is 18.4 Å². The average Bonchev–Trinajstić information content (AvgIpc) is 2.38. The normalized spacial score (nSPS) is 24.5. The van der Waals surface area contributed by atoms with E-state index in [1.165, 1.54) is 11.5 Å². The van der Waals surface area contributed by atoms with Gasteiger partial charge in [0, 0.05) is 22.4 Å². The minimum absolute atomic E-state index is 0.393. The van der Waals surface area contributed by atoms with Gasteiger partial charge in [-0.1, -0.05) is 32.4 Å². The first-order valence-corrected chi connectivity index (χ1v) is 8.87. The molecule has 0 N–H and O–H groups in total. The van der Waals surface area contributed by atoms with Crippen LogP contribution in [-0.2, 0) is 0 Å². The predicted molar refractivity (Wildman–Crippen MR) is 82.9 cm³/mol. The third-order valence-electron chi connectivity index (χ3n) is 3.03. The molecule has 100 valence electrons. The van der Waals surface area contributed by atoms with Crippen molar-refractivity contribution in [3.63, 3.8) is 0 Å². The second-order valence-corrected chi connectivity index (χ2v) is 7.72. The number of aromatic nitrogens is 2. The molecule has 18 heavy (non-hydrogen) atoms. The minimum atomic E-state index is 0.393. The van der Waals surface area contributed by atoms with Gasteiger partial charge in [0.1, 0.15) is 11.0 Å². The highest BCUT2D eigenvalue weighted by molar-refractivity contribution is 8.06. The zero-order valence-electron chi connectivity index (χ0n) is 11.0. The molecule has 1 fully saturated rings. The quantitative estimate of drug-likeness (QED) is 0.765. The third kappa shape index (κ3) is 3.34. The molecule has 0 radical (unpaired) electrons. The maximum Gasteiger partial charge on any atom is 0.144 e. The molecule has 2 nitrogen and oxygen atoms in total. The van der Waals surface area contributed by atoms with Crippen LogP contribution in [0.4, 0.5) is 0 Å². The van der Waals surface area contributed by atoms with E-state index in [-0.39, 0.29) is 0 Å². The van der Waals surface area contributed by atoms with Crippen molar-refractivity contribution in [2.24, 2.45) is 0 Å². The predicted octanol–water partition coefficient (Wildman–Crippen LogP) is 4.55. The number of halogens is 1. The fourth-order valence-corrected chi connectivity index (χ4v) is 5.21. The van der Waals surface area contributed by atoms with Crippen LogP contribution in [-0.4, -0.2) is 26.7 Å². The second kappa shape index (κ2) is 6.49. The van der Waals surface area contributed by atoms with E-state index in [4.69, 9.17) is 16.6 Å². The Balaban J connectivity index is 2.30. The molecule has 2 rings (SSSR count). The van der Waals surface area contributed by atoms with Gasteiger partial charge >= 0.3 is 0 Å². The fraction of sp³-hybridized carbons (Fsp3) is 0.692. The highest BCUT2D eigenvalue weighted by Gasteiger charge is 2.29. The van der Waals surface area contributed by atoms with Crippen molar-refractivity contribution >= 4 is 35.1 Å². The summed E-state index contributed by atoms with van der Waals surface area (Å²) in [4.78, 5) is 9.18. The van der Waals surface area contributed by atoms with Crippen LogP contribution < -0.4 is 0 Å². The van der Waals surface area contributed by atoms with Gasteiger partial charge in [0.2, 0.25) is 0 Å². The van der Waals surface area contributed by atoms with Crippen molar-refractivity contribution in [3.05, 3.63) is 22.7 Å². The Morgan fingerprint density at radius 2 is 2.06 bits per heavy atom. The van der Waals surface area contributed by atoms with Gasteiger partial charge in [-0.25, -0.2) is 9.97 Å². The molecule has 2 unspecified atom stereocenters. The van der Waals surface area contributed by atoms with Crippen LogP contribution >= 0.6 is 35.1 Å². The highest BCUT2D eigenvalue weighted by atomic mass is 35.5. The summed E-state index contributed by atoms with van der Waals surface area (Å²) < 4.78 is 0. The van der Waals surface area contributed by atoms with Crippen LogP contribution in [0.2, 0.25) is 5.15 Å². The molecule has 1 aliphatic heterocycles. The number of hydrogen-bond donors (Lipinski definition) is 0. The Morgan fingerprint density at radius 3 is 2.72 bits per heavy atom. The van der Waals surface area contributed by atoms with E-state index < -0.39 is 0 Å². The summed E-state index contributed by atoms with van der Waals surface area (Å²) in [7, 11) is 0. The molecule has 1 aromatic rings. The summed E-state index contributed by atoms with van der Waals surface area (Å²) >= 11 is 10.2. The van der Waals surface area contributed by atoms with Crippen LogP contribution in [0.15, 0.2) is 6.07 Å². The maximum atomic E-state index is 6.14. The molecule has 0 aromatic carbocycles. The van der Waals surface area contributed by atoms with Crippen molar-refractivity contribution in [2.45, 2.75) is 43.6 Å². The number of thioether (sulfide) groups is 2. The lowest BCUT2D eigenvalue weighted by Gasteiger charge is -2.29. The van der Waals surface area contributed by atoms with E-state index in [2.05, 4.69) is 25.8 Å². The van der Waals surface area contributed by atoms with Crippen LogP contribution in [0.25, 0.3) is 0 Å². The second-order valence-electron chi connectivity index (χ2n) is 4.74. The third-order valence-corrected chi connectivity index (χ3v) is 6.47. The zero-order valence-corrected chi connectivity index (χ0v) is 13.4. The monoisotopic (exact) mass is 302 g/mol. The van der Waals surface area contributed by atoms with Gasteiger partial charge in [-0.15, -0.1) is 11.8 Å². The van der Waals surface area contributed by atoms with E-state index in [1.54, 1.807) is 0 Å². The number of nitrogens with zero attached hydrogens (tertiary/aromatic N) is 2. The van der Waals surface area contributed by atoms with Crippen LogP contribution in [0.5, 0.6) is 0 Å². The Labute approximate surface area is 123 Å². The van der Waals surface area contributed by atoms with Gasteiger partial charge in [0.25, 0.3) is 0 Å². The molecule has 0 amide bonds. The number of hydrogen-bond acceptors (Lipinski definition) is 4. The average molecular weight is 303 g/mol. The summed E-state index contributed by atoms with van der Waals surface area (Å²) in [6, 6.07) is 1.89. The molecule has 2 atom stereocenters. The molecule has 2 heterocycles. The maximum absolute atomic E-state index is 6.14. The molecular weight excluding hydrogens is 284 g/mol. The summed E-state index contributed by atoms with van der Waals surface area (Å²) in [6.07, 6.45) is 1.16. The molecule has 5 heteroatoms. The highest BCUT2D eigenvalue weighted by Crippen LogP contribution is 2.43. The van der Waals surface area contributed by atoms with E-state index in [1.807, 2.05) is 29.6 Å². The van der Waals surface area contributed by atoms with Crippen LogP contribution in [0.3, 0.4) is 0 Å². The first-order valence-electron chi connectivity index (χ1n) is 6.39.